The molecule has 0 bridgehead atoms. The normalized spacial score (nSPS) is 11.8. The molecule has 0 N–H and O–H groups in total. The van der Waals surface area contributed by atoms with Crippen molar-refractivity contribution in [2.24, 2.45) is 0 Å². The van der Waals surface area contributed by atoms with Crippen LogP contribution >= 0.6 is 0 Å². The predicted octanol–water partition coefficient (Wildman–Crippen LogP) is 14.3. The fourth-order valence-electron chi connectivity index (χ4n) is 10.4. The van der Waals surface area contributed by atoms with Crippen LogP contribution in [0.2, 0.25) is 0 Å². The third kappa shape index (κ3) is 9.75. The first-order chi connectivity index (χ1) is 33.2. The zero-order valence-electron chi connectivity index (χ0n) is 38.0. The first-order valence-electron chi connectivity index (χ1n) is 23.6. The molecule has 0 saturated heterocycles. The van der Waals surface area contributed by atoms with E-state index < -0.39 is 23.6 Å². The third-order valence-corrected chi connectivity index (χ3v) is 13.6. The molecule has 4 heteroatoms. The van der Waals surface area contributed by atoms with Gasteiger partial charge in [0.05, 0.1) is 0 Å². The maximum absolute atomic E-state index is 6.98. The lowest BCUT2D eigenvalue weighted by Gasteiger charge is -2.37. The van der Waals surface area contributed by atoms with Crippen molar-refractivity contribution in [3.8, 4) is 0 Å². The molecule has 0 amide bonds. The molecule has 0 spiro atoms. The van der Waals surface area contributed by atoms with Gasteiger partial charge in [0.25, 0.3) is 0 Å². The van der Waals surface area contributed by atoms with Crippen molar-refractivity contribution in [1.29, 1.82) is 0 Å². The fourth-order valence-corrected chi connectivity index (χ4v) is 10.4. The second-order valence-electron chi connectivity index (χ2n) is 17.2. The first-order valence-corrected chi connectivity index (χ1v) is 23.6. The van der Waals surface area contributed by atoms with Gasteiger partial charge in [0.2, 0.25) is 0 Å². The van der Waals surface area contributed by atoms with Crippen molar-refractivity contribution in [2.45, 2.75) is 35.5 Å². The van der Waals surface area contributed by atoms with E-state index in [0.717, 1.165) is 0 Å². The minimum absolute atomic E-state index is 0.367. The van der Waals surface area contributed by atoms with E-state index in [2.05, 4.69) is 273 Å². The highest BCUT2D eigenvalue weighted by Gasteiger charge is 2.40. The van der Waals surface area contributed by atoms with Gasteiger partial charge in [0.1, 0.15) is 0 Å². The quantitative estimate of drug-likeness (QED) is 0.0532. The van der Waals surface area contributed by atoms with Crippen molar-refractivity contribution >= 4 is 7.32 Å². The molecule has 9 rings (SSSR count). The van der Waals surface area contributed by atoms with Crippen LogP contribution in [-0.4, -0.2) is 27.1 Å². The van der Waals surface area contributed by atoms with Crippen LogP contribution in [0.5, 0.6) is 0 Å². The lowest BCUT2D eigenvalue weighted by molar-refractivity contribution is 0.0818. The largest absolute Gasteiger partial charge is 0.639 e. The molecule has 67 heavy (non-hydrogen) atoms. The maximum atomic E-state index is 6.98. The minimum atomic E-state index is -0.958. The highest BCUT2D eigenvalue weighted by molar-refractivity contribution is 6.36. The highest BCUT2D eigenvalue weighted by Crippen LogP contribution is 2.45. The Bertz CT molecular complexity index is 2190. The van der Waals surface area contributed by atoms with E-state index in [-0.39, 0.29) is 0 Å². The lowest BCUT2D eigenvalue weighted by atomic mass is 9.67. The van der Waals surface area contributed by atoms with Gasteiger partial charge in [0.15, 0.2) is 0 Å². The molecule has 0 aliphatic carbocycles. The Balaban J connectivity index is 1.07. The molecule has 0 heterocycles. The van der Waals surface area contributed by atoms with Crippen LogP contribution in [0.1, 0.15) is 69.3 Å². The molecular weight excluding hydrogens is 816 g/mol. The topological polar surface area (TPSA) is 27.7 Å². The summed E-state index contributed by atoms with van der Waals surface area (Å²) in [4.78, 5) is 0. The van der Waals surface area contributed by atoms with Crippen LogP contribution in [0.3, 0.4) is 0 Å². The van der Waals surface area contributed by atoms with Crippen molar-refractivity contribution in [2.75, 3.05) is 19.8 Å². The van der Waals surface area contributed by atoms with E-state index in [1.165, 1.54) is 50.1 Å². The zero-order chi connectivity index (χ0) is 45.5. The standard InChI is InChI=1S/C63H57BO3/c1-10-28-52(29-11-1)61(53-30-12-2-13-31-53,54-32-14-3-15-33-54)46-49-65-64(66-50-47-62(55-34-16-4-17-35-55,56-36-18-5-19-37-56)57-38-20-6-21-39-57)67-51-48-63(58-40-22-7-23-41-58,59-42-24-8-25-43-59)60-44-26-9-27-45-60/h1-45H,46-51H2. The van der Waals surface area contributed by atoms with E-state index in [4.69, 9.17) is 14.0 Å². The van der Waals surface area contributed by atoms with Crippen LogP contribution in [-0.2, 0) is 30.2 Å². The second kappa shape index (κ2) is 21.9. The molecule has 3 nitrogen and oxygen atoms in total. The second-order valence-corrected chi connectivity index (χ2v) is 17.2. The summed E-state index contributed by atoms with van der Waals surface area (Å²) in [6.07, 6.45) is 1.95. The number of hydrogen-bond donors (Lipinski definition) is 0. The molecule has 9 aromatic rings. The Hall–Kier alpha value is -7.08. The van der Waals surface area contributed by atoms with Gasteiger partial charge in [-0.1, -0.05) is 273 Å². The Morgan fingerprint density at radius 1 is 0.209 bits per heavy atom. The number of rotatable bonds is 21. The van der Waals surface area contributed by atoms with Crippen molar-refractivity contribution in [3.05, 3.63) is 323 Å². The van der Waals surface area contributed by atoms with Crippen molar-refractivity contribution < 1.29 is 14.0 Å². The Morgan fingerprint density at radius 2 is 0.343 bits per heavy atom. The molecule has 0 atom stereocenters. The van der Waals surface area contributed by atoms with Gasteiger partial charge in [-0.05, 0) is 69.3 Å². The van der Waals surface area contributed by atoms with E-state index in [1.807, 2.05) is 0 Å². The van der Waals surface area contributed by atoms with Gasteiger partial charge in [0, 0.05) is 36.1 Å². The molecule has 0 unspecified atom stereocenters. The summed E-state index contributed by atoms with van der Waals surface area (Å²) in [7, 11) is -0.958. The van der Waals surface area contributed by atoms with E-state index in [9.17, 15) is 0 Å². The summed E-state index contributed by atoms with van der Waals surface area (Å²) >= 11 is 0. The summed E-state index contributed by atoms with van der Waals surface area (Å²) in [5, 5.41) is 0. The summed E-state index contributed by atoms with van der Waals surface area (Å²) in [5.74, 6) is 0. The number of benzene rings is 9. The summed E-state index contributed by atoms with van der Waals surface area (Å²) in [5.41, 5.74) is 9.30. The average molecular weight is 873 g/mol. The van der Waals surface area contributed by atoms with Gasteiger partial charge in [-0.25, -0.2) is 0 Å². The molecular formula is C63H57BO3. The monoisotopic (exact) mass is 872 g/mol. The van der Waals surface area contributed by atoms with Crippen LogP contribution in [0.25, 0.3) is 0 Å². The summed E-state index contributed by atoms with van der Waals surface area (Å²) in [6, 6.07) is 97.2. The maximum Gasteiger partial charge on any atom is 0.639 e. The first kappa shape index (κ1) is 45.1. The Kier molecular flexibility index (Phi) is 14.8. The summed E-state index contributed by atoms with van der Waals surface area (Å²) < 4.78 is 20.9. The van der Waals surface area contributed by atoms with Crippen LogP contribution in [0, 0.1) is 0 Å². The van der Waals surface area contributed by atoms with Crippen LogP contribution in [0.15, 0.2) is 273 Å². The molecule has 9 aromatic carbocycles. The highest BCUT2D eigenvalue weighted by atomic mass is 16.7. The van der Waals surface area contributed by atoms with Crippen LogP contribution < -0.4 is 0 Å². The Labute approximate surface area is 397 Å². The molecule has 330 valence electrons. The summed E-state index contributed by atoms with van der Waals surface area (Å²) in [6.45, 7) is 1.10. The van der Waals surface area contributed by atoms with E-state index >= 15 is 0 Å². The Morgan fingerprint density at radius 3 is 0.478 bits per heavy atom. The lowest BCUT2D eigenvalue weighted by Crippen LogP contribution is -2.37. The van der Waals surface area contributed by atoms with Gasteiger partial charge in [-0.15, -0.1) is 0 Å². The van der Waals surface area contributed by atoms with Gasteiger partial charge in [-0.3, -0.25) is 0 Å². The van der Waals surface area contributed by atoms with E-state index in [0.29, 0.717) is 39.1 Å². The smallest absolute Gasteiger partial charge is 0.386 e. The van der Waals surface area contributed by atoms with Gasteiger partial charge >= 0.3 is 7.32 Å². The van der Waals surface area contributed by atoms with Crippen molar-refractivity contribution in [1.82, 2.24) is 0 Å². The minimum Gasteiger partial charge on any atom is -0.386 e. The SMILES string of the molecule is c1ccc(C(CCOB(OCCC(c2ccccc2)(c2ccccc2)c2ccccc2)OCCC(c2ccccc2)(c2ccccc2)c2ccccc2)(c2ccccc2)c2ccccc2)cc1. The molecule has 0 aliphatic rings. The zero-order valence-corrected chi connectivity index (χ0v) is 38.0. The molecule has 0 aliphatic heterocycles. The molecule has 0 aromatic heterocycles. The average Bonchev–Trinajstić information content (AvgIpc) is 3.42. The molecule has 0 fully saturated rings. The van der Waals surface area contributed by atoms with Gasteiger partial charge in [-0.2, -0.15) is 0 Å². The number of hydrogen-bond acceptors (Lipinski definition) is 3. The van der Waals surface area contributed by atoms with E-state index in [1.54, 1.807) is 0 Å². The van der Waals surface area contributed by atoms with Crippen LogP contribution in [0.4, 0.5) is 0 Å². The van der Waals surface area contributed by atoms with Gasteiger partial charge < -0.3 is 14.0 Å². The predicted molar refractivity (Wildman–Crippen MR) is 275 cm³/mol. The molecule has 0 saturated carbocycles. The molecule has 0 radical (unpaired) electrons. The third-order valence-electron chi connectivity index (χ3n) is 13.6. The fraction of sp³-hybridized carbons (Fsp3) is 0.143. The van der Waals surface area contributed by atoms with Crippen molar-refractivity contribution in [3.63, 3.8) is 0 Å².